The van der Waals surface area contributed by atoms with Crippen LogP contribution in [0.2, 0.25) is 5.02 Å². The molecule has 1 aliphatic heterocycles. The molecular weight excluding hydrogens is 781 g/mol. The van der Waals surface area contributed by atoms with Crippen LogP contribution in [0.25, 0.3) is 0 Å². The fourth-order valence-corrected chi connectivity index (χ4v) is 6.22. The van der Waals surface area contributed by atoms with E-state index in [1.165, 1.54) is 38.5 Å². The second kappa shape index (κ2) is 20.3. The minimum atomic E-state index is -4.49. The molecule has 2 N–H and O–H groups in total. The fraction of sp³-hybridized carbons (Fsp3) is 0.389. The number of esters is 1. The number of rotatable bonds is 16. The Morgan fingerprint density at radius 1 is 0.893 bits per heavy atom. The van der Waals surface area contributed by atoms with Gasteiger partial charge in [0.05, 0.1) is 44.2 Å². The van der Waals surface area contributed by atoms with Crippen molar-refractivity contribution >= 4 is 57.4 Å². The Labute approximate surface area is 327 Å². The molecule has 0 fully saturated rings. The van der Waals surface area contributed by atoms with Gasteiger partial charge in [0.1, 0.15) is 11.6 Å². The minimum absolute atomic E-state index is 0.000883. The lowest BCUT2D eigenvalue weighted by atomic mass is 9.93. The van der Waals surface area contributed by atoms with Crippen LogP contribution >= 0.6 is 11.6 Å². The summed E-state index contributed by atoms with van der Waals surface area (Å²) in [5, 5.41) is 2.08. The Morgan fingerprint density at radius 3 is 2.11 bits per heavy atom. The van der Waals surface area contributed by atoms with Gasteiger partial charge in [-0.1, -0.05) is 43.5 Å². The number of halogens is 2. The summed E-state index contributed by atoms with van der Waals surface area (Å²) in [7, 11) is -1.76. The molecule has 0 radical (unpaired) electrons. The number of nitrogens with zero attached hydrogens (tertiary/aromatic N) is 3. The van der Waals surface area contributed by atoms with Gasteiger partial charge in [0.2, 0.25) is 17.7 Å². The van der Waals surface area contributed by atoms with Crippen LogP contribution < -0.4 is 38.1 Å². The van der Waals surface area contributed by atoms with E-state index in [1.807, 2.05) is 6.92 Å². The van der Waals surface area contributed by atoms with Crippen molar-refractivity contribution in [3.8, 4) is 29.0 Å². The van der Waals surface area contributed by atoms with Gasteiger partial charge in [-0.15, -0.1) is 0 Å². The number of aromatic nitrogens is 2. The summed E-state index contributed by atoms with van der Waals surface area (Å²) >= 11 is 6.02. The zero-order valence-electron chi connectivity index (χ0n) is 31.0. The molecule has 0 saturated heterocycles. The maximum Gasteiger partial charge on any atom is 0.411 e. The van der Waals surface area contributed by atoms with Crippen molar-refractivity contribution in [1.82, 2.24) is 14.7 Å². The first kappa shape index (κ1) is 43.0. The van der Waals surface area contributed by atoms with E-state index in [1.54, 1.807) is 23.8 Å². The van der Waals surface area contributed by atoms with Crippen LogP contribution in [-0.2, 0) is 29.4 Å². The van der Waals surface area contributed by atoms with Crippen LogP contribution in [0.5, 0.6) is 29.0 Å². The van der Waals surface area contributed by atoms with Crippen molar-refractivity contribution in [2.75, 3.05) is 44.3 Å². The van der Waals surface area contributed by atoms with E-state index in [-0.39, 0.29) is 45.7 Å². The summed E-state index contributed by atoms with van der Waals surface area (Å²) in [6.45, 7) is 3.98. The topological polar surface area (TPSA) is 211 Å². The molecule has 20 heteroatoms. The molecule has 1 aliphatic carbocycles. The quantitative estimate of drug-likeness (QED) is 0.101. The maximum atomic E-state index is 14.5. The Hall–Kier alpha value is -5.69. The number of imide groups is 1. The van der Waals surface area contributed by atoms with Gasteiger partial charge in [-0.2, -0.15) is 18.4 Å². The second-order valence-electron chi connectivity index (χ2n) is 11.8. The molecule has 2 heterocycles. The van der Waals surface area contributed by atoms with Gasteiger partial charge in [0, 0.05) is 17.2 Å². The smallest absolute Gasteiger partial charge is 0.411 e. The van der Waals surface area contributed by atoms with E-state index in [2.05, 4.69) is 15.3 Å². The van der Waals surface area contributed by atoms with Crippen molar-refractivity contribution in [1.29, 1.82) is 0 Å². The van der Waals surface area contributed by atoms with Gasteiger partial charge in [0.15, 0.2) is 18.1 Å². The molecule has 3 aromatic rings. The van der Waals surface area contributed by atoms with E-state index in [9.17, 15) is 32.0 Å². The summed E-state index contributed by atoms with van der Waals surface area (Å²) in [6.07, 6.45) is 5.40. The number of hydrogen-bond donors (Lipinski definition) is 2. The average molecular weight is 822 g/mol. The first-order valence-corrected chi connectivity index (χ1v) is 19.2. The molecule has 302 valence electrons. The lowest BCUT2D eigenvalue weighted by Crippen LogP contribution is -2.37. The van der Waals surface area contributed by atoms with E-state index >= 15 is 0 Å². The predicted octanol–water partition coefficient (Wildman–Crippen LogP) is 5.67. The third kappa shape index (κ3) is 11.7. The Balaban J connectivity index is 0.000000249. The molecule has 0 spiro atoms. The Bertz CT molecular complexity index is 2020. The highest BCUT2D eigenvalue weighted by Gasteiger charge is 2.41. The number of carbonyl (C=O) groups is 4. The summed E-state index contributed by atoms with van der Waals surface area (Å²) in [5.74, 6) is -2.26. The van der Waals surface area contributed by atoms with Gasteiger partial charge in [-0.05, 0) is 57.2 Å². The van der Waals surface area contributed by atoms with Crippen LogP contribution in [0.1, 0.15) is 58.8 Å². The standard InChI is InChI=1S/C21H23ClFNO5.C15H18N4O7S/c1-2-3-6-9-28-19(25)12-29-18-11-17(16(23)10-15(18)22)24-20(26)13-7-4-5-8-14(13)21(24)27;1-4-25-10-7-5-6-8-11(10)26-27(21,22)19-15(20)18-14-16-12(23-2)9-13(17-14)24-3/h10-11H,2-9,12H2,1H3;5-9H,4H2,1-3H3,(H2,16,17,18,19,20). The van der Waals surface area contributed by atoms with Crippen molar-refractivity contribution in [2.45, 2.75) is 58.8 Å². The largest absolute Gasteiger partial charge is 0.490 e. The first-order valence-electron chi connectivity index (χ1n) is 17.4. The van der Waals surface area contributed by atoms with E-state index in [0.717, 1.165) is 43.1 Å². The number of amides is 4. The van der Waals surface area contributed by atoms with Gasteiger partial charge >= 0.3 is 22.3 Å². The normalized spacial score (nSPS) is 13.6. The highest BCUT2D eigenvalue weighted by Crippen LogP contribution is 2.39. The van der Waals surface area contributed by atoms with Crippen molar-refractivity contribution in [3.63, 3.8) is 0 Å². The lowest BCUT2D eigenvalue weighted by molar-refractivity contribution is -0.146. The molecular formula is C36H41ClFN5O12S. The van der Waals surface area contributed by atoms with E-state index in [4.69, 9.17) is 39.5 Å². The van der Waals surface area contributed by atoms with Crippen LogP contribution in [-0.4, -0.2) is 76.2 Å². The monoisotopic (exact) mass is 821 g/mol. The molecule has 5 rings (SSSR count). The Morgan fingerprint density at radius 2 is 1.52 bits per heavy atom. The first-order chi connectivity index (χ1) is 26.8. The number of benzene rings is 2. The van der Waals surface area contributed by atoms with Crippen LogP contribution in [0.15, 0.2) is 53.6 Å². The number of anilines is 2. The average Bonchev–Trinajstić information content (AvgIpc) is 3.42. The highest BCUT2D eigenvalue weighted by atomic mass is 35.5. The molecule has 0 bridgehead atoms. The molecule has 4 amide bonds. The minimum Gasteiger partial charge on any atom is -0.490 e. The Kier molecular flexibility index (Phi) is 15.6. The maximum absolute atomic E-state index is 14.5. The number of nitrogens with one attached hydrogen (secondary N) is 2. The van der Waals surface area contributed by atoms with Crippen LogP contribution in [0.3, 0.4) is 0 Å². The van der Waals surface area contributed by atoms with Crippen molar-refractivity contribution < 1.29 is 59.9 Å². The molecule has 0 unspecified atom stereocenters. The molecule has 0 saturated carbocycles. The number of methoxy groups -OCH3 is 2. The molecule has 1 aromatic heterocycles. The van der Waals surface area contributed by atoms with E-state index in [0.29, 0.717) is 37.2 Å². The molecule has 0 atom stereocenters. The zero-order valence-corrected chi connectivity index (χ0v) is 32.6. The number of hydrogen-bond acceptors (Lipinski definition) is 14. The van der Waals surface area contributed by atoms with Crippen molar-refractivity contribution in [3.05, 3.63) is 64.5 Å². The van der Waals surface area contributed by atoms with Gasteiger partial charge in [-0.3, -0.25) is 14.9 Å². The summed E-state index contributed by atoms with van der Waals surface area (Å²) in [6, 6.07) is 8.52. The van der Waals surface area contributed by atoms with Crippen molar-refractivity contribution in [2.24, 2.45) is 0 Å². The zero-order chi connectivity index (χ0) is 40.8. The van der Waals surface area contributed by atoms with Gasteiger partial charge in [-0.25, -0.2) is 23.6 Å². The third-order valence-corrected chi connectivity index (χ3v) is 9.01. The van der Waals surface area contributed by atoms with Gasteiger partial charge < -0.3 is 27.9 Å². The highest BCUT2D eigenvalue weighted by molar-refractivity contribution is 7.85. The number of ether oxygens (including phenoxy) is 5. The third-order valence-electron chi connectivity index (χ3n) is 7.88. The second-order valence-corrected chi connectivity index (χ2v) is 13.5. The van der Waals surface area contributed by atoms with Crippen LogP contribution in [0, 0.1) is 5.82 Å². The summed E-state index contributed by atoms with van der Waals surface area (Å²) in [5.41, 5.74) is 0.674. The van der Waals surface area contributed by atoms with Gasteiger partial charge in [0.25, 0.3) is 11.8 Å². The number of urea groups is 1. The van der Waals surface area contributed by atoms with Crippen LogP contribution in [0.4, 0.5) is 20.8 Å². The van der Waals surface area contributed by atoms with E-state index < -0.39 is 46.5 Å². The fourth-order valence-electron chi connectivity index (χ4n) is 5.32. The lowest BCUT2D eigenvalue weighted by Gasteiger charge is -2.18. The SMILES string of the molecule is CCCCCOC(=O)COc1cc(N2C(=O)C3=C(CCCC3)C2=O)c(F)cc1Cl.CCOc1ccccc1OS(=O)(=O)NC(=O)Nc1nc(OC)cc(OC)n1. The molecule has 2 aromatic carbocycles. The predicted molar refractivity (Wildman–Crippen MR) is 200 cm³/mol. The molecule has 17 nitrogen and oxygen atoms in total. The summed E-state index contributed by atoms with van der Waals surface area (Å²) < 4.78 is 70.8. The molecule has 2 aliphatic rings. The number of unbranched alkanes of at least 4 members (excludes halogenated alkanes) is 2. The number of para-hydroxylation sites is 2. The molecule has 56 heavy (non-hydrogen) atoms. The summed E-state index contributed by atoms with van der Waals surface area (Å²) in [4.78, 5) is 57.6. The number of carbonyl (C=O) groups excluding carboxylic acids is 4.